The third kappa shape index (κ3) is 1.51. The molecule has 0 bridgehead atoms. The zero-order valence-electron chi connectivity index (χ0n) is 9.90. The summed E-state index contributed by atoms with van der Waals surface area (Å²) in [6.07, 6.45) is 3.91. The Hall–Kier alpha value is -2.17. The van der Waals surface area contributed by atoms with Crippen molar-refractivity contribution in [2.75, 3.05) is 13.7 Å². The molecule has 1 unspecified atom stereocenters. The predicted molar refractivity (Wildman–Crippen MR) is 63.4 cm³/mol. The number of fused-ring (bicyclic) bond motifs is 3. The number of hydrogen-bond acceptors (Lipinski definition) is 5. The zero-order chi connectivity index (χ0) is 12.7. The van der Waals surface area contributed by atoms with Crippen molar-refractivity contribution in [3.8, 4) is 0 Å². The number of esters is 1. The molecule has 1 N–H and O–H groups in total. The minimum absolute atomic E-state index is 0.109. The topological polar surface area (TPSA) is 68.3 Å². The van der Waals surface area contributed by atoms with E-state index in [4.69, 9.17) is 0 Å². The second-order valence-electron chi connectivity index (χ2n) is 4.39. The first-order valence-corrected chi connectivity index (χ1v) is 5.78. The van der Waals surface area contributed by atoms with Crippen LogP contribution in [0.5, 0.6) is 0 Å². The molecule has 2 aliphatic rings. The molecule has 1 aliphatic carbocycles. The Balaban J connectivity index is 2.11. The smallest absolute Gasteiger partial charge is 0.339 e. The summed E-state index contributed by atoms with van der Waals surface area (Å²) in [4.78, 5) is 27.5. The standard InChI is InChI=1S/C13H12N2O3/c1-18-13(17)7-4-9-8-2-3-14-10(8)5-11(16)12(9)15-6-7/h4-6,8,14H,2-3H2,1H3. The minimum Gasteiger partial charge on any atom is -0.465 e. The van der Waals surface area contributed by atoms with E-state index in [1.165, 1.54) is 13.3 Å². The molecule has 0 saturated carbocycles. The van der Waals surface area contributed by atoms with E-state index in [0.717, 1.165) is 24.2 Å². The predicted octanol–water partition coefficient (Wildman–Crippen LogP) is 1.03. The lowest BCUT2D eigenvalue weighted by Gasteiger charge is -2.19. The van der Waals surface area contributed by atoms with Gasteiger partial charge in [0, 0.05) is 30.4 Å². The molecule has 1 atom stereocenters. The molecule has 92 valence electrons. The van der Waals surface area contributed by atoms with Crippen molar-refractivity contribution in [1.29, 1.82) is 0 Å². The van der Waals surface area contributed by atoms with Gasteiger partial charge in [0.1, 0.15) is 5.69 Å². The van der Waals surface area contributed by atoms with Gasteiger partial charge < -0.3 is 10.1 Å². The van der Waals surface area contributed by atoms with Gasteiger partial charge in [0.2, 0.25) is 5.78 Å². The van der Waals surface area contributed by atoms with Gasteiger partial charge in [0.25, 0.3) is 0 Å². The Labute approximate surface area is 104 Å². The second kappa shape index (κ2) is 3.94. The van der Waals surface area contributed by atoms with Gasteiger partial charge >= 0.3 is 5.97 Å². The average molecular weight is 244 g/mol. The monoisotopic (exact) mass is 244 g/mol. The molecular weight excluding hydrogens is 232 g/mol. The number of carbonyl (C=O) groups is 2. The van der Waals surface area contributed by atoms with Crippen LogP contribution >= 0.6 is 0 Å². The van der Waals surface area contributed by atoms with Crippen molar-refractivity contribution in [3.63, 3.8) is 0 Å². The summed E-state index contributed by atoms with van der Waals surface area (Å²) < 4.78 is 4.67. The molecular formula is C13H12N2O3. The molecule has 18 heavy (non-hydrogen) atoms. The van der Waals surface area contributed by atoms with Gasteiger partial charge in [-0.3, -0.25) is 9.78 Å². The summed E-state index contributed by atoms with van der Waals surface area (Å²) in [5.41, 5.74) is 2.58. The van der Waals surface area contributed by atoms with E-state index >= 15 is 0 Å². The number of ether oxygens (including phenoxy) is 1. The molecule has 0 spiro atoms. The molecule has 2 heterocycles. The summed E-state index contributed by atoms with van der Waals surface area (Å²) in [6.45, 7) is 0.839. The van der Waals surface area contributed by atoms with Crippen LogP contribution in [0.25, 0.3) is 0 Å². The first kappa shape index (κ1) is 11.0. The van der Waals surface area contributed by atoms with Gasteiger partial charge in [0.05, 0.1) is 12.7 Å². The van der Waals surface area contributed by atoms with E-state index < -0.39 is 5.97 Å². The van der Waals surface area contributed by atoms with E-state index in [2.05, 4.69) is 15.0 Å². The van der Waals surface area contributed by atoms with Crippen molar-refractivity contribution in [1.82, 2.24) is 10.3 Å². The lowest BCUT2D eigenvalue weighted by atomic mass is 9.87. The Kier molecular flexibility index (Phi) is 2.40. The van der Waals surface area contributed by atoms with E-state index in [9.17, 15) is 9.59 Å². The minimum atomic E-state index is -0.431. The van der Waals surface area contributed by atoms with Gasteiger partial charge in [-0.25, -0.2) is 4.79 Å². The number of carbonyl (C=O) groups excluding carboxylic acids is 2. The molecule has 1 saturated heterocycles. The molecule has 3 rings (SSSR count). The van der Waals surface area contributed by atoms with E-state index in [1.807, 2.05) is 0 Å². The number of aromatic nitrogens is 1. The summed E-state index contributed by atoms with van der Waals surface area (Å²) in [7, 11) is 1.33. The molecule has 1 aromatic heterocycles. The molecule has 5 heteroatoms. The number of nitrogens with one attached hydrogen (secondary N) is 1. The van der Waals surface area contributed by atoms with Gasteiger partial charge in [-0.2, -0.15) is 0 Å². The number of methoxy groups -OCH3 is 1. The second-order valence-corrected chi connectivity index (χ2v) is 4.39. The largest absolute Gasteiger partial charge is 0.465 e. The van der Waals surface area contributed by atoms with Crippen LogP contribution in [-0.2, 0) is 4.74 Å². The van der Waals surface area contributed by atoms with Crippen LogP contribution in [0.4, 0.5) is 0 Å². The highest BCUT2D eigenvalue weighted by molar-refractivity contribution is 6.06. The number of allylic oxidation sites excluding steroid dienone is 2. The Bertz CT molecular complexity index is 578. The number of nitrogens with zero attached hydrogens (tertiary/aromatic N) is 1. The molecule has 0 amide bonds. The van der Waals surface area contributed by atoms with E-state index in [-0.39, 0.29) is 11.7 Å². The summed E-state index contributed by atoms with van der Waals surface area (Å²) in [5.74, 6) is -0.392. The lowest BCUT2D eigenvalue weighted by Crippen LogP contribution is -2.19. The van der Waals surface area contributed by atoms with E-state index in [1.54, 1.807) is 12.1 Å². The molecule has 1 aliphatic heterocycles. The van der Waals surface area contributed by atoms with Crippen LogP contribution in [0.2, 0.25) is 0 Å². The van der Waals surface area contributed by atoms with Crippen molar-refractivity contribution in [2.45, 2.75) is 12.3 Å². The highest BCUT2D eigenvalue weighted by atomic mass is 16.5. The first-order chi connectivity index (χ1) is 8.70. The normalized spacial score (nSPS) is 20.6. The fourth-order valence-corrected chi connectivity index (χ4v) is 2.51. The fraction of sp³-hybridized carbons (Fsp3) is 0.308. The van der Waals surface area contributed by atoms with Crippen molar-refractivity contribution in [3.05, 3.63) is 40.9 Å². The van der Waals surface area contributed by atoms with Gasteiger partial charge in [-0.05, 0) is 18.1 Å². The summed E-state index contributed by atoms with van der Waals surface area (Å²) in [6, 6.07) is 1.72. The molecule has 1 aromatic rings. The van der Waals surface area contributed by atoms with Gasteiger partial charge in [0.15, 0.2) is 0 Å². The lowest BCUT2D eigenvalue weighted by molar-refractivity contribution is 0.0599. The van der Waals surface area contributed by atoms with Crippen molar-refractivity contribution >= 4 is 11.8 Å². The maximum atomic E-state index is 11.9. The van der Waals surface area contributed by atoms with Crippen LogP contribution in [0.3, 0.4) is 0 Å². The van der Waals surface area contributed by atoms with Crippen LogP contribution in [0, 0.1) is 0 Å². The average Bonchev–Trinajstić information content (AvgIpc) is 2.85. The van der Waals surface area contributed by atoms with Crippen LogP contribution in [0.1, 0.15) is 38.7 Å². The Morgan fingerprint density at radius 1 is 1.56 bits per heavy atom. The van der Waals surface area contributed by atoms with Crippen molar-refractivity contribution < 1.29 is 14.3 Å². The number of hydrogen-bond donors (Lipinski definition) is 1. The quantitative estimate of drug-likeness (QED) is 0.747. The third-order valence-electron chi connectivity index (χ3n) is 3.37. The number of rotatable bonds is 1. The fourth-order valence-electron chi connectivity index (χ4n) is 2.51. The maximum absolute atomic E-state index is 11.9. The Morgan fingerprint density at radius 3 is 3.17 bits per heavy atom. The summed E-state index contributed by atoms with van der Waals surface area (Å²) >= 11 is 0. The zero-order valence-corrected chi connectivity index (χ0v) is 9.90. The molecule has 0 aromatic carbocycles. The Morgan fingerprint density at radius 2 is 2.39 bits per heavy atom. The first-order valence-electron chi connectivity index (χ1n) is 5.78. The van der Waals surface area contributed by atoms with Crippen LogP contribution in [0.15, 0.2) is 24.0 Å². The SMILES string of the molecule is COC(=O)c1cnc2c(c1)C1CCNC1=CC2=O. The molecule has 0 radical (unpaired) electrons. The molecule has 5 nitrogen and oxygen atoms in total. The number of pyridine rings is 1. The molecule has 1 fully saturated rings. The van der Waals surface area contributed by atoms with E-state index in [0.29, 0.717) is 11.3 Å². The number of ketones is 1. The summed E-state index contributed by atoms with van der Waals surface area (Å²) in [5, 5.41) is 3.19. The highest BCUT2D eigenvalue weighted by Gasteiger charge is 2.32. The van der Waals surface area contributed by atoms with Crippen molar-refractivity contribution in [2.24, 2.45) is 0 Å². The maximum Gasteiger partial charge on any atom is 0.339 e. The van der Waals surface area contributed by atoms with Gasteiger partial charge in [-0.15, -0.1) is 0 Å². The highest BCUT2D eigenvalue weighted by Crippen LogP contribution is 2.36. The van der Waals surface area contributed by atoms with Gasteiger partial charge in [-0.1, -0.05) is 0 Å². The third-order valence-corrected chi connectivity index (χ3v) is 3.37. The van der Waals surface area contributed by atoms with Crippen LogP contribution < -0.4 is 5.32 Å². The van der Waals surface area contributed by atoms with Crippen LogP contribution in [-0.4, -0.2) is 30.4 Å².